The van der Waals surface area contributed by atoms with Gasteiger partial charge >= 0.3 is 0 Å². The number of aromatic hydroxyl groups is 1. The fourth-order valence-electron chi connectivity index (χ4n) is 0.782. The molecule has 0 aromatic carbocycles. The number of nitrogens with zero attached hydrogens (tertiary/aromatic N) is 1. The van der Waals surface area contributed by atoms with E-state index in [9.17, 15) is 8.78 Å². The van der Waals surface area contributed by atoms with Gasteiger partial charge in [0.2, 0.25) is 0 Å². The summed E-state index contributed by atoms with van der Waals surface area (Å²) in [6, 6.07) is 0.958. The number of rotatable bonds is 2. The van der Waals surface area contributed by atoms with Crippen molar-refractivity contribution in [1.29, 1.82) is 0 Å². The Bertz CT molecular complexity index is 322. The van der Waals surface area contributed by atoms with Gasteiger partial charge in [-0.2, -0.15) is 0 Å². The summed E-state index contributed by atoms with van der Waals surface area (Å²) in [5.41, 5.74) is -0.163. The quantitative estimate of drug-likeness (QED) is 0.662. The van der Waals surface area contributed by atoms with Gasteiger partial charge in [-0.05, 0) is 22.0 Å². The summed E-state index contributed by atoms with van der Waals surface area (Å²) in [5, 5.41) is 9.16. The van der Waals surface area contributed by atoms with Crippen LogP contribution in [0.2, 0.25) is 0 Å². The van der Waals surface area contributed by atoms with Crippen LogP contribution in [0, 0.1) is 0 Å². The van der Waals surface area contributed by atoms with Crippen molar-refractivity contribution in [1.82, 2.24) is 4.98 Å². The van der Waals surface area contributed by atoms with E-state index in [2.05, 4.69) is 20.9 Å². The van der Waals surface area contributed by atoms with Gasteiger partial charge in [-0.1, -0.05) is 0 Å². The van der Waals surface area contributed by atoms with Gasteiger partial charge < -0.3 is 5.11 Å². The van der Waals surface area contributed by atoms with Crippen molar-refractivity contribution in [3.63, 3.8) is 0 Å². The van der Waals surface area contributed by atoms with E-state index in [0.717, 1.165) is 6.07 Å². The number of halogens is 4. The molecule has 0 aliphatic rings. The summed E-state index contributed by atoms with van der Waals surface area (Å²) in [6.45, 7) is 0. The van der Waals surface area contributed by atoms with Gasteiger partial charge in [0.25, 0.3) is 6.43 Å². The highest BCUT2D eigenvalue weighted by molar-refractivity contribution is 9.10. The first-order valence-electron chi connectivity index (χ1n) is 3.28. The van der Waals surface area contributed by atoms with Crippen LogP contribution in [0.1, 0.15) is 17.7 Å². The Morgan fingerprint density at radius 3 is 2.69 bits per heavy atom. The third-order valence-electron chi connectivity index (χ3n) is 1.42. The molecule has 0 spiro atoms. The van der Waals surface area contributed by atoms with Gasteiger partial charge in [0.1, 0.15) is 10.4 Å². The van der Waals surface area contributed by atoms with Crippen LogP contribution in [-0.2, 0) is 5.88 Å². The molecule has 1 aromatic rings. The molecule has 1 heterocycles. The highest BCUT2D eigenvalue weighted by atomic mass is 79.9. The summed E-state index contributed by atoms with van der Waals surface area (Å²) in [5.74, 6) is -0.331. The maximum atomic E-state index is 12.2. The second-order valence-corrected chi connectivity index (χ2v) is 3.29. The normalized spacial score (nSPS) is 10.8. The lowest BCUT2D eigenvalue weighted by atomic mass is 10.2. The van der Waals surface area contributed by atoms with Gasteiger partial charge in [0.15, 0.2) is 0 Å². The number of aromatic nitrogens is 1. The molecule has 0 saturated carbocycles. The monoisotopic (exact) mass is 271 g/mol. The van der Waals surface area contributed by atoms with E-state index in [1.807, 2.05) is 0 Å². The van der Waals surface area contributed by atoms with E-state index in [1.54, 1.807) is 0 Å². The molecule has 1 aromatic heterocycles. The van der Waals surface area contributed by atoms with Crippen LogP contribution >= 0.6 is 27.5 Å². The van der Waals surface area contributed by atoms with E-state index >= 15 is 0 Å². The standard InChI is InChI=1S/C7H5BrClF2NO/c8-6-3(7(10)11)1-5(13)4(2-9)12-6/h1,7,13H,2H2. The van der Waals surface area contributed by atoms with Crippen molar-refractivity contribution in [3.8, 4) is 5.75 Å². The number of hydrogen-bond donors (Lipinski definition) is 1. The third kappa shape index (κ3) is 2.28. The van der Waals surface area contributed by atoms with E-state index in [-0.39, 0.29) is 27.5 Å². The molecule has 0 atom stereocenters. The average Bonchev–Trinajstić information content (AvgIpc) is 2.07. The summed E-state index contributed by atoms with van der Waals surface area (Å²) in [6.07, 6.45) is -2.67. The molecule has 0 amide bonds. The number of hydrogen-bond acceptors (Lipinski definition) is 2. The Hall–Kier alpha value is -0.420. The largest absolute Gasteiger partial charge is 0.506 e. The van der Waals surface area contributed by atoms with E-state index < -0.39 is 6.43 Å². The number of alkyl halides is 3. The summed E-state index contributed by atoms with van der Waals surface area (Å²) in [7, 11) is 0. The maximum absolute atomic E-state index is 12.2. The van der Waals surface area contributed by atoms with Crippen molar-refractivity contribution in [2.24, 2.45) is 0 Å². The van der Waals surface area contributed by atoms with Gasteiger partial charge in [0, 0.05) is 0 Å². The molecule has 1 rings (SSSR count). The average molecular weight is 272 g/mol. The Kier molecular flexibility index (Phi) is 3.44. The minimum Gasteiger partial charge on any atom is -0.506 e. The molecule has 0 radical (unpaired) electrons. The first-order chi connectivity index (χ1) is 6.06. The molecule has 2 nitrogen and oxygen atoms in total. The lowest BCUT2D eigenvalue weighted by Gasteiger charge is -2.05. The molecular formula is C7H5BrClF2NO. The fourth-order valence-corrected chi connectivity index (χ4v) is 1.48. The summed E-state index contributed by atoms with van der Waals surface area (Å²) in [4.78, 5) is 3.67. The Morgan fingerprint density at radius 1 is 1.62 bits per heavy atom. The maximum Gasteiger partial charge on any atom is 0.266 e. The molecule has 0 unspecified atom stereocenters. The summed E-state index contributed by atoms with van der Waals surface area (Å²) < 4.78 is 24.5. The van der Waals surface area contributed by atoms with Crippen molar-refractivity contribution in [2.75, 3.05) is 0 Å². The van der Waals surface area contributed by atoms with Gasteiger partial charge in [-0.25, -0.2) is 13.8 Å². The molecular weight excluding hydrogens is 267 g/mol. The van der Waals surface area contributed by atoms with E-state index in [0.29, 0.717) is 0 Å². The van der Waals surface area contributed by atoms with Crippen LogP contribution in [0.3, 0.4) is 0 Å². The number of pyridine rings is 1. The highest BCUT2D eigenvalue weighted by Gasteiger charge is 2.16. The second kappa shape index (κ2) is 4.19. The van der Waals surface area contributed by atoms with Crippen LogP contribution in [0.25, 0.3) is 0 Å². The van der Waals surface area contributed by atoms with Crippen molar-refractivity contribution < 1.29 is 13.9 Å². The third-order valence-corrected chi connectivity index (χ3v) is 2.31. The van der Waals surface area contributed by atoms with Crippen molar-refractivity contribution in [2.45, 2.75) is 12.3 Å². The second-order valence-electron chi connectivity index (χ2n) is 2.27. The summed E-state index contributed by atoms with van der Waals surface area (Å²) >= 11 is 8.27. The smallest absolute Gasteiger partial charge is 0.266 e. The van der Waals surface area contributed by atoms with Crippen LogP contribution in [-0.4, -0.2) is 10.1 Å². The predicted octanol–water partition coefficient (Wildman–Crippen LogP) is 3.23. The Labute approximate surface area is 86.7 Å². The van der Waals surface area contributed by atoms with Gasteiger partial charge in [0.05, 0.1) is 17.1 Å². The molecule has 0 saturated heterocycles. The molecule has 13 heavy (non-hydrogen) atoms. The molecule has 1 N–H and O–H groups in total. The Morgan fingerprint density at radius 2 is 2.23 bits per heavy atom. The first-order valence-corrected chi connectivity index (χ1v) is 4.61. The molecule has 0 fully saturated rings. The lowest BCUT2D eigenvalue weighted by molar-refractivity contribution is 0.149. The zero-order valence-electron chi connectivity index (χ0n) is 6.27. The van der Waals surface area contributed by atoms with Crippen molar-refractivity contribution >= 4 is 27.5 Å². The predicted molar refractivity (Wildman–Crippen MR) is 48.1 cm³/mol. The van der Waals surface area contributed by atoms with E-state index in [1.165, 1.54) is 0 Å². The zero-order chi connectivity index (χ0) is 10.0. The minimum atomic E-state index is -2.67. The van der Waals surface area contributed by atoms with Crippen LogP contribution in [0.5, 0.6) is 5.75 Å². The molecule has 72 valence electrons. The SMILES string of the molecule is Oc1cc(C(F)F)c(Br)nc1CCl. The van der Waals surface area contributed by atoms with Gasteiger partial charge in [-0.15, -0.1) is 11.6 Å². The topological polar surface area (TPSA) is 33.1 Å². The lowest BCUT2D eigenvalue weighted by Crippen LogP contribution is -1.94. The highest BCUT2D eigenvalue weighted by Crippen LogP contribution is 2.30. The van der Waals surface area contributed by atoms with Crippen LogP contribution in [0.4, 0.5) is 8.78 Å². The minimum absolute atomic E-state index is 0.0101. The fraction of sp³-hybridized carbons (Fsp3) is 0.286. The van der Waals surface area contributed by atoms with Crippen LogP contribution in [0.15, 0.2) is 10.7 Å². The first kappa shape index (κ1) is 10.7. The van der Waals surface area contributed by atoms with Gasteiger partial charge in [-0.3, -0.25) is 0 Å². The molecule has 0 aliphatic carbocycles. The molecule has 0 aliphatic heterocycles. The molecule has 6 heteroatoms. The zero-order valence-corrected chi connectivity index (χ0v) is 8.61. The van der Waals surface area contributed by atoms with Crippen LogP contribution < -0.4 is 0 Å². The Balaban J connectivity index is 3.20. The van der Waals surface area contributed by atoms with E-state index in [4.69, 9.17) is 16.7 Å². The van der Waals surface area contributed by atoms with Crippen molar-refractivity contribution in [3.05, 3.63) is 21.9 Å². The molecule has 0 bridgehead atoms.